The molecule has 0 amide bonds. The Labute approximate surface area is 132 Å². The van der Waals surface area contributed by atoms with Crippen LogP contribution in [0.25, 0.3) is 10.9 Å². The average molecular weight is 301 g/mol. The minimum Gasteiger partial charge on any atom is -0.490 e. The van der Waals surface area contributed by atoms with Crippen LogP contribution in [0.3, 0.4) is 0 Å². The summed E-state index contributed by atoms with van der Waals surface area (Å²) < 4.78 is 6.36. The molecule has 1 N–H and O–H groups in total. The van der Waals surface area contributed by atoms with E-state index in [4.69, 9.17) is 4.74 Å². The highest BCUT2D eigenvalue weighted by molar-refractivity contribution is 5.83. The van der Waals surface area contributed by atoms with Gasteiger partial charge in [-0.05, 0) is 57.8 Å². The normalized spacial score (nSPS) is 22.4. The molecule has 1 aromatic heterocycles. The van der Waals surface area contributed by atoms with E-state index in [1.165, 1.54) is 24.8 Å². The number of H-pyrrole nitrogens is 1. The first-order valence-corrected chi connectivity index (χ1v) is 8.56. The van der Waals surface area contributed by atoms with Crippen LogP contribution in [0, 0.1) is 6.92 Å². The molecule has 0 aliphatic heterocycles. The van der Waals surface area contributed by atoms with Gasteiger partial charge in [0, 0.05) is 17.0 Å². The van der Waals surface area contributed by atoms with Crippen molar-refractivity contribution in [1.82, 2.24) is 15.1 Å². The SMILES string of the molecule is CCN(CC)[C@@H]1CCC[C@@H](Oc2ccc3[nH]ncc3c2C)C1. The van der Waals surface area contributed by atoms with Crippen molar-refractivity contribution in [2.75, 3.05) is 13.1 Å². The number of hydrogen-bond donors (Lipinski definition) is 1. The van der Waals surface area contributed by atoms with Gasteiger partial charge in [-0.3, -0.25) is 5.10 Å². The van der Waals surface area contributed by atoms with E-state index < -0.39 is 0 Å². The van der Waals surface area contributed by atoms with Gasteiger partial charge in [0.15, 0.2) is 0 Å². The molecule has 22 heavy (non-hydrogen) atoms. The Morgan fingerprint density at radius 3 is 2.86 bits per heavy atom. The Bertz CT molecular complexity index is 618. The van der Waals surface area contributed by atoms with Gasteiger partial charge in [-0.25, -0.2) is 0 Å². The number of aryl methyl sites for hydroxylation is 1. The molecule has 0 unspecified atom stereocenters. The number of fused-ring (bicyclic) bond motifs is 1. The van der Waals surface area contributed by atoms with Crippen molar-refractivity contribution >= 4 is 10.9 Å². The van der Waals surface area contributed by atoms with Gasteiger partial charge in [0.05, 0.1) is 11.7 Å². The summed E-state index contributed by atoms with van der Waals surface area (Å²) in [7, 11) is 0. The maximum Gasteiger partial charge on any atom is 0.123 e. The third kappa shape index (κ3) is 2.98. The highest BCUT2D eigenvalue weighted by Crippen LogP contribution is 2.31. The average Bonchev–Trinajstić information content (AvgIpc) is 3.01. The van der Waals surface area contributed by atoms with Gasteiger partial charge in [-0.2, -0.15) is 5.10 Å². The van der Waals surface area contributed by atoms with Crippen molar-refractivity contribution in [3.8, 4) is 5.75 Å². The lowest BCUT2D eigenvalue weighted by Crippen LogP contribution is -2.41. The van der Waals surface area contributed by atoms with Gasteiger partial charge in [-0.15, -0.1) is 0 Å². The van der Waals surface area contributed by atoms with E-state index in [1.54, 1.807) is 0 Å². The minimum absolute atomic E-state index is 0.336. The molecule has 0 radical (unpaired) electrons. The molecule has 0 spiro atoms. The standard InChI is InChI=1S/C18H27N3O/c1-4-21(5-2)14-7-6-8-15(11-14)22-18-10-9-17-16(13(18)3)12-19-20-17/h9-10,12,14-15H,4-8,11H2,1-3H3,(H,19,20)/t14-,15-/m1/s1. The predicted molar refractivity (Wildman–Crippen MR) is 90.4 cm³/mol. The fourth-order valence-corrected chi connectivity index (χ4v) is 3.74. The smallest absolute Gasteiger partial charge is 0.123 e. The van der Waals surface area contributed by atoms with Crippen molar-refractivity contribution in [2.45, 2.75) is 58.6 Å². The molecule has 4 nitrogen and oxygen atoms in total. The second-order valence-electron chi connectivity index (χ2n) is 6.30. The maximum absolute atomic E-state index is 6.36. The number of rotatable bonds is 5. The fraction of sp³-hybridized carbons (Fsp3) is 0.611. The first-order valence-electron chi connectivity index (χ1n) is 8.56. The number of ether oxygens (including phenoxy) is 1. The molecular weight excluding hydrogens is 274 g/mol. The van der Waals surface area contributed by atoms with Crippen LogP contribution in [0.1, 0.15) is 45.1 Å². The van der Waals surface area contributed by atoms with E-state index in [-0.39, 0.29) is 0 Å². The van der Waals surface area contributed by atoms with Gasteiger partial charge in [0.1, 0.15) is 11.9 Å². The van der Waals surface area contributed by atoms with Crippen LogP contribution in [-0.4, -0.2) is 40.3 Å². The van der Waals surface area contributed by atoms with E-state index >= 15 is 0 Å². The number of nitrogens with one attached hydrogen (secondary N) is 1. The van der Waals surface area contributed by atoms with Gasteiger partial charge >= 0.3 is 0 Å². The Morgan fingerprint density at radius 1 is 1.27 bits per heavy atom. The van der Waals surface area contributed by atoms with E-state index in [9.17, 15) is 0 Å². The lowest BCUT2D eigenvalue weighted by atomic mass is 9.91. The third-order valence-corrected chi connectivity index (χ3v) is 5.06. The van der Waals surface area contributed by atoms with Crippen LogP contribution < -0.4 is 4.74 Å². The second-order valence-corrected chi connectivity index (χ2v) is 6.30. The quantitative estimate of drug-likeness (QED) is 0.910. The van der Waals surface area contributed by atoms with E-state index in [0.717, 1.165) is 36.2 Å². The molecule has 1 aliphatic carbocycles. The number of benzene rings is 1. The van der Waals surface area contributed by atoms with Crippen molar-refractivity contribution in [3.05, 3.63) is 23.9 Å². The Balaban J connectivity index is 1.72. The monoisotopic (exact) mass is 301 g/mol. The van der Waals surface area contributed by atoms with Crippen molar-refractivity contribution in [1.29, 1.82) is 0 Å². The number of aromatic amines is 1. The molecule has 4 heteroatoms. The Morgan fingerprint density at radius 2 is 2.09 bits per heavy atom. The summed E-state index contributed by atoms with van der Waals surface area (Å²) in [5.41, 5.74) is 2.27. The molecule has 120 valence electrons. The molecule has 1 fully saturated rings. The van der Waals surface area contributed by atoms with Gasteiger partial charge in [0.25, 0.3) is 0 Å². The zero-order valence-electron chi connectivity index (χ0n) is 13.9. The molecule has 1 saturated carbocycles. The number of hydrogen-bond acceptors (Lipinski definition) is 3. The minimum atomic E-state index is 0.336. The fourth-order valence-electron chi connectivity index (χ4n) is 3.74. The van der Waals surface area contributed by atoms with Crippen LogP contribution in [0.4, 0.5) is 0 Å². The summed E-state index contributed by atoms with van der Waals surface area (Å²) in [6.07, 6.45) is 7.10. The van der Waals surface area contributed by atoms with Crippen LogP contribution >= 0.6 is 0 Å². The summed E-state index contributed by atoms with van der Waals surface area (Å²) in [6, 6.07) is 4.82. The highest BCUT2D eigenvalue weighted by Gasteiger charge is 2.26. The summed E-state index contributed by atoms with van der Waals surface area (Å²) >= 11 is 0. The summed E-state index contributed by atoms with van der Waals surface area (Å²) in [5.74, 6) is 1.01. The molecule has 2 aromatic rings. The second kappa shape index (κ2) is 6.69. The van der Waals surface area contributed by atoms with Crippen molar-refractivity contribution < 1.29 is 4.74 Å². The number of nitrogens with zero attached hydrogens (tertiary/aromatic N) is 2. The summed E-state index contributed by atoms with van der Waals surface area (Å²) in [5, 5.41) is 8.30. The molecule has 0 bridgehead atoms. The molecule has 3 rings (SSSR count). The van der Waals surface area contributed by atoms with Gasteiger partial charge < -0.3 is 9.64 Å². The first-order chi connectivity index (χ1) is 10.7. The molecule has 1 aliphatic rings. The van der Waals surface area contributed by atoms with E-state index in [0.29, 0.717) is 12.1 Å². The highest BCUT2D eigenvalue weighted by atomic mass is 16.5. The van der Waals surface area contributed by atoms with Crippen molar-refractivity contribution in [2.24, 2.45) is 0 Å². The van der Waals surface area contributed by atoms with Crippen LogP contribution in [-0.2, 0) is 0 Å². The first kappa shape index (κ1) is 15.3. The maximum atomic E-state index is 6.36. The van der Waals surface area contributed by atoms with Crippen LogP contribution in [0.5, 0.6) is 5.75 Å². The van der Waals surface area contributed by atoms with E-state index in [2.05, 4.69) is 48.0 Å². The lowest BCUT2D eigenvalue weighted by Gasteiger charge is -2.36. The van der Waals surface area contributed by atoms with E-state index in [1.807, 2.05) is 6.20 Å². The Kier molecular flexibility index (Phi) is 4.67. The van der Waals surface area contributed by atoms with Crippen LogP contribution in [0.2, 0.25) is 0 Å². The zero-order valence-corrected chi connectivity index (χ0v) is 13.9. The largest absolute Gasteiger partial charge is 0.490 e. The molecule has 0 saturated heterocycles. The van der Waals surface area contributed by atoms with Crippen LogP contribution in [0.15, 0.2) is 18.3 Å². The molecular formula is C18H27N3O. The third-order valence-electron chi connectivity index (χ3n) is 5.06. The topological polar surface area (TPSA) is 41.1 Å². The summed E-state index contributed by atoms with van der Waals surface area (Å²) in [4.78, 5) is 2.57. The molecule has 1 heterocycles. The van der Waals surface area contributed by atoms with Gasteiger partial charge in [0.2, 0.25) is 0 Å². The summed E-state index contributed by atoms with van der Waals surface area (Å²) in [6.45, 7) is 8.90. The van der Waals surface area contributed by atoms with Crippen molar-refractivity contribution in [3.63, 3.8) is 0 Å². The molecule has 1 aromatic carbocycles. The van der Waals surface area contributed by atoms with Gasteiger partial charge in [-0.1, -0.05) is 13.8 Å². The number of aromatic nitrogens is 2. The zero-order chi connectivity index (χ0) is 15.5. The lowest BCUT2D eigenvalue weighted by molar-refractivity contribution is 0.0814. The predicted octanol–water partition coefficient (Wildman–Crippen LogP) is 3.90. The molecule has 2 atom stereocenters. The Hall–Kier alpha value is -1.55.